The van der Waals surface area contributed by atoms with Crippen molar-refractivity contribution in [2.24, 2.45) is 0 Å². The van der Waals surface area contributed by atoms with Crippen molar-refractivity contribution in [1.82, 2.24) is 14.9 Å². The van der Waals surface area contributed by atoms with Crippen LogP contribution in [0.4, 0.5) is 5.82 Å². The molecule has 4 rings (SSSR count). The van der Waals surface area contributed by atoms with Crippen molar-refractivity contribution in [2.75, 3.05) is 31.1 Å². The molecule has 1 aliphatic heterocycles. The second-order valence-electron chi connectivity index (χ2n) is 7.14. The summed E-state index contributed by atoms with van der Waals surface area (Å²) >= 11 is 8.12. The lowest BCUT2D eigenvalue weighted by Gasteiger charge is -2.36. The van der Waals surface area contributed by atoms with E-state index in [9.17, 15) is 0 Å². The van der Waals surface area contributed by atoms with Gasteiger partial charge >= 0.3 is 0 Å². The lowest BCUT2D eigenvalue weighted by molar-refractivity contribution is 0.249. The number of hydrogen-bond donors (Lipinski definition) is 0. The van der Waals surface area contributed by atoms with Gasteiger partial charge in [0.15, 0.2) is 0 Å². The SMILES string of the molecule is CCc1nc(N2CCN(Cc3ccccc3Cl)CC2)c2c(C)c(C)sc2n1. The number of aromatic nitrogens is 2. The molecule has 0 spiro atoms. The van der Waals surface area contributed by atoms with Crippen LogP contribution in [0.2, 0.25) is 5.02 Å². The van der Waals surface area contributed by atoms with E-state index >= 15 is 0 Å². The average molecular weight is 401 g/mol. The molecule has 0 unspecified atom stereocenters. The molecule has 1 aliphatic rings. The first kappa shape index (κ1) is 18.7. The normalized spacial score (nSPS) is 15.6. The number of fused-ring (bicyclic) bond motifs is 1. The zero-order valence-corrected chi connectivity index (χ0v) is 17.7. The van der Waals surface area contributed by atoms with Crippen LogP contribution in [0.25, 0.3) is 10.2 Å². The van der Waals surface area contributed by atoms with Gasteiger partial charge < -0.3 is 4.90 Å². The van der Waals surface area contributed by atoms with Gasteiger partial charge in [-0.1, -0.05) is 36.7 Å². The molecule has 0 aliphatic carbocycles. The van der Waals surface area contributed by atoms with E-state index in [1.54, 1.807) is 11.3 Å². The number of halogens is 1. The molecule has 27 heavy (non-hydrogen) atoms. The molecule has 0 radical (unpaired) electrons. The monoisotopic (exact) mass is 400 g/mol. The van der Waals surface area contributed by atoms with Gasteiger partial charge in [-0.05, 0) is 31.0 Å². The Labute approximate surface area is 169 Å². The van der Waals surface area contributed by atoms with E-state index in [2.05, 4.69) is 42.7 Å². The van der Waals surface area contributed by atoms with Gasteiger partial charge in [0, 0.05) is 49.0 Å². The molecule has 3 aromatic rings. The zero-order valence-electron chi connectivity index (χ0n) is 16.1. The summed E-state index contributed by atoms with van der Waals surface area (Å²) in [4.78, 5) is 17.1. The first-order valence-electron chi connectivity index (χ1n) is 9.54. The summed E-state index contributed by atoms with van der Waals surface area (Å²) in [6.45, 7) is 11.4. The van der Waals surface area contributed by atoms with Crippen LogP contribution in [0.5, 0.6) is 0 Å². The number of benzene rings is 1. The maximum Gasteiger partial charge on any atom is 0.141 e. The number of thiophene rings is 1. The van der Waals surface area contributed by atoms with Gasteiger partial charge in [0.25, 0.3) is 0 Å². The first-order valence-corrected chi connectivity index (χ1v) is 10.7. The van der Waals surface area contributed by atoms with E-state index in [4.69, 9.17) is 21.6 Å². The Balaban J connectivity index is 1.55. The summed E-state index contributed by atoms with van der Waals surface area (Å²) in [6.07, 6.45) is 0.866. The Kier molecular flexibility index (Phi) is 5.35. The van der Waals surface area contributed by atoms with Crippen LogP contribution in [0.1, 0.15) is 28.8 Å². The topological polar surface area (TPSA) is 32.3 Å². The number of piperazine rings is 1. The molecule has 1 aromatic carbocycles. The van der Waals surface area contributed by atoms with Crippen molar-refractivity contribution >= 4 is 39.0 Å². The minimum Gasteiger partial charge on any atom is -0.353 e. The van der Waals surface area contributed by atoms with E-state index in [-0.39, 0.29) is 0 Å². The highest BCUT2D eigenvalue weighted by Crippen LogP contribution is 2.35. The van der Waals surface area contributed by atoms with Gasteiger partial charge in [-0.25, -0.2) is 9.97 Å². The van der Waals surface area contributed by atoms with Crippen molar-refractivity contribution in [3.8, 4) is 0 Å². The number of anilines is 1. The van der Waals surface area contributed by atoms with Crippen LogP contribution < -0.4 is 4.90 Å². The lowest BCUT2D eigenvalue weighted by atomic mass is 10.1. The largest absolute Gasteiger partial charge is 0.353 e. The quantitative estimate of drug-likeness (QED) is 0.626. The Morgan fingerprint density at radius 2 is 1.81 bits per heavy atom. The first-order chi connectivity index (χ1) is 13.1. The predicted molar refractivity (Wildman–Crippen MR) is 115 cm³/mol. The fourth-order valence-corrected chi connectivity index (χ4v) is 4.88. The van der Waals surface area contributed by atoms with Gasteiger partial charge in [-0.2, -0.15) is 0 Å². The maximum absolute atomic E-state index is 6.33. The molecular formula is C21H25ClN4S. The Hall–Kier alpha value is -1.69. The van der Waals surface area contributed by atoms with Gasteiger partial charge in [0.05, 0.1) is 5.39 Å². The minimum atomic E-state index is 0.856. The molecule has 6 heteroatoms. The van der Waals surface area contributed by atoms with Crippen molar-refractivity contribution in [3.05, 3.63) is 51.1 Å². The van der Waals surface area contributed by atoms with E-state index in [0.29, 0.717) is 0 Å². The molecule has 3 heterocycles. The van der Waals surface area contributed by atoms with E-state index in [1.807, 2.05) is 12.1 Å². The maximum atomic E-state index is 6.33. The van der Waals surface area contributed by atoms with Crippen LogP contribution >= 0.6 is 22.9 Å². The summed E-state index contributed by atoms with van der Waals surface area (Å²) in [6, 6.07) is 8.13. The molecular weight excluding hydrogens is 376 g/mol. The van der Waals surface area contributed by atoms with E-state index < -0.39 is 0 Å². The molecule has 0 atom stereocenters. The highest BCUT2D eigenvalue weighted by atomic mass is 35.5. The summed E-state index contributed by atoms with van der Waals surface area (Å²) in [5, 5.41) is 2.10. The predicted octanol–water partition coefficient (Wildman–Crippen LogP) is 4.85. The highest BCUT2D eigenvalue weighted by Gasteiger charge is 2.23. The van der Waals surface area contributed by atoms with Crippen LogP contribution in [0.15, 0.2) is 24.3 Å². The number of hydrogen-bond acceptors (Lipinski definition) is 5. The van der Waals surface area contributed by atoms with Crippen LogP contribution in [0.3, 0.4) is 0 Å². The van der Waals surface area contributed by atoms with Crippen LogP contribution in [-0.4, -0.2) is 41.0 Å². The second kappa shape index (κ2) is 7.74. The minimum absolute atomic E-state index is 0.856. The van der Waals surface area contributed by atoms with Crippen LogP contribution in [-0.2, 0) is 13.0 Å². The molecule has 0 N–H and O–H groups in total. The molecule has 1 fully saturated rings. The molecule has 142 valence electrons. The lowest BCUT2D eigenvalue weighted by Crippen LogP contribution is -2.46. The highest BCUT2D eigenvalue weighted by molar-refractivity contribution is 7.18. The summed E-state index contributed by atoms with van der Waals surface area (Å²) in [5.74, 6) is 2.06. The molecule has 0 amide bonds. The number of aryl methyl sites for hydroxylation is 3. The fraction of sp³-hybridized carbons (Fsp3) is 0.429. The third-order valence-corrected chi connectivity index (χ3v) is 6.87. The molecule has 1 saturated heterocycles. The number of rotatable bonds is 4. The Morgan fingerprint density at radius 1 is 1.07 bits per heavy atom. The summed E-state index contributed by atoms with van der Waals surface area (Å²) in [7, 11) is 0. The van der Waals surface area contributed by atoms with Crippen molar-refractivity contribution < 1.29 is 0 Å². The van der Waals surface area contributed by atoms with Gasteiger partial charge in [0.2, 0.25) is 0 Å². The second-order valence-corrected chi connectivity index (χ2v) is 8.75. The van der Waals surface area contributed by atoms with Gasteiger partial charge in [0.1, 0.15) is 16.5 Å². The molecule has 0 bridgehead atoms. The average Bonchev–Trinajstić information content (AvgIpc) is 2.97. The Bertz CT molecular complexity index is 960. The Morgan fingerprint density at radius 3 is 2.52 bits per heavy atom. The third kappa shape index (κ3) is 3.68. The van der Waals surface area contributed by atoms with Crippen molar-refractivity contribution in [2.45, 2.75) is 33.7 Å². The van der Waals surface area contributed by atoms with Crippen molar-refractivity contribution in [1.29, 1.82) is 0 Å². The van der Waals surface area contributed by atoms with Crippen molar-refractivity contribution in [3.63, 3.8) is 0 Å². The van der Waals surface area contributed by atoms with E-state index in [1.165, 1.54) is 21.4 Å². The smallest absolute Gasteiger partial charge is 0.141 e. The molecule has 4 nitrogen and oxygen atoms in total. The van der Waals surface area contributed by atoms with Crippen LogP contribution in [0, 0.1) is 13.8 Å². The third-order valence-electron chi connectivity index (χ3n) is 5.40. The fourth-order valence-electron chi connectivity index (χ4n) is 3.64. The number of nitrogens with zero attached hydrogens (tertiary/aromatic N) is 4. The summed E-state index contributed by atoms with van der Waals surface area (Å²) in [5.41, 5.74) is 2.53. The van der Waals surface area contributed by atoms with E-state index in [0.717, 1.165) is 60.6 Å². The van der Waals surface area contributed by atoms with Gasteiger partial charge in [-0.3, -0.25) is 4.90 Å². The summed E-state index contributed by atoms with van der Waals surface area (Å²) < 4.78 is 0. The standard InChI is InChI=1S/C21H25ClN4S/c1-4-18-23-20(19-14(2)15(3)27-21(19)24-18)26-11-9-25(10-12-26)13-16-7-5-6-8-17(16)22/h5-8H,4,9-13H2,1-3H3. The molecule has 0 saturated carbocycles. The van der Waals surface area contributed by atoms with Gasteiger partial charge in [-0.15, -0.1) is 11.3 Å². The molecule has 2 aromatic heterocycles. The zero-order chi connectivity index (χ0) is 19.0.